The number of aromatic nitrogens is 3. The van der Waals surface area contributed by atoms with Gasteiger partial charge in [0.25, 0.3) is 5.91 Å². The maximum absolute atomic E-state index is 12.1. The van der Waals surface area contributed by atoms with Gasteiger partial charge in [0.1, 0.15) is 0 Å². The highest BCUT2D eigenvalue weighted by Gasteiger charge is 2.15. The van der Waals surface area contributed by atoms with Crippen molar-refractivity contribution in [3.63, 3.8) is 0 Å². The minimum atomic E-state index is -0.219. The first-order chi connectivity index (χ1) is 9.70. The van der Waals surface area contributed by atoms with Gasteiger partial charge < -0.3 is 10.6 Å². The number of carbonyl (C=O) groups is 1. The number of nitrogens with one attached hydrogen (secondary N) is 2. The molecule has 7 heteroatoms. The molecular formula is C13H17N5OS. The van der Waals surface area contributed by atoms with Crippen molar-refractivity contribution in [2.75, 3.05) is 11.9 Å². The van der Waals surface area contributed by atoms with Gasteiger partial charge in [0.2, 0.25) is 10.1 Å². The Morgan fingerprint density at radius 2 is 2.30 bits per heavy atom. The minimum Gasteiger partial charge on any atom is -0.360 e. The van der Waals surface area contributed by atoms with Crippen LogP contribution in [0, 0.1) is 0 Å². The van der Waals surface area contributed by atoms with Crippen LogP contribution in [0.15, 0.2) is 24.5 Å². The van der Waals surface area contributed by atoms with Gasteiger partial charge in [-0.2, -0.15) is 0 Å². The third-order valence-corrected chi connectivity index (χ3v) is 3.56. The largest absolute Gasteiger partial charge is 0.360 e. The van der Waals surface area contributed by atoms with Gasteiger partial charge >= 0.3 is 0 Å². The van der Waals surface area contributed by atoms with Crippen molar-refractivity contribution >= 4 is 22.4 Å². The van der Waals surface area contributed by atoms with Crippen LogP contribution in [0.2, 0.25) is 0 Å². The first-order valence-electron chi connectivity index (χ1n) is 6.49. The molecule has 0 aliphatic carbocycles. The lowest BCUT2D eigenvalue weighted by Gasteiger charge is -2.12. The Morgan fingerprint density at radius 1 is 1.45 bits per heavy atom. The van der Waals surface area contributed by atoms with Gasteiger partial charge in [0.15, 0.2) is 0 Å². The molecule has 1 amide bonds. The van der Waals surface area contributed by atoms with Crippen molar-refractivity contribution < 1.29 is 4.79 Å². The molecule has 0 bridgehead atoms. The lowest BCUT2D eigenvalue weighted by Crippen LogP contribution is -2.26. The maximum atomic E-state index is 12.1. The summed E-state index contributed by atoms with van der Waals surface area (Å²) in [6, 6.07) is 3.65. The molecule has 6 nitrogen and oxygen atoms in total. The average molecular weight is 291 g/mol. The van der Waals surface area contributed by atoms with Crippen molar-refractivity contribution in [3.8, 4) is 0 Å². The predicted octanol–water partition coefficient (Wildman–Crippen LogP) is 2.25. The molecule has 0 radical (unpaired) electrons. The van der Waals surface area contributed by atoms with Gasteiger partial charge in [-0.1, -0.05) is 24.3 Å². The molecule has 2 N–H and O–H groups in total. The molecule has 1 atom stereocenters. The number of hydrogen-bond acceptors (Lipinski definition) is 6. The third kappa shape index (κ3) is 3.74. The summed E-state index contributed by atoms with van der Waals surface area (Å²) in [4.78, 5) is 16.1. The molecule has 20 heavy (non-hydrogen) atoms. The zero-order valence-electron chi connectivity index (χ0n) is 11.5. The molecule has 0 aliphatic rings. The van der Waals surface area contributed by atoms with Crippen LogP contribution < -0.4 is 10.6 Å². The molecule has 106 valence electrons. The van der Waals surface area contributed by atoms with E-state index in [9.17, 15) is 4.79 Å². The van der Waals surface area contributed by atoms with Crippen LogP contribution in [0.25, 0.3) is 0 Å². The number of rotatable bonds is 6. The lowest BCUT2D eigenvalue weighted by atomic mass is 10.1. The van der Waals surface area contributed by atoms with E-state index in [1.165, 1.54) is 11.3 Å². The molecule has 0 aromatic carbocycles. The van der Waals surface area contributed by atoms with E-state index in [4.69, 9.17) is 0 Å². The Morgan fingerprint density at radius 3 is 3.00 bits per heavy atom. The van der Waals surface area contributed by atoms with Gasteiger partial charge in [-0.3, -0.25) is 9.78 Å². The van der Waals surface area contributed by atoms with Gasteiger partial charge in [0, 0.05) is 18.9 Å². The summed E-state index contributed by atoms with van der Waals surface area (Å²) >= 11 is 1.26. The summed E-state index contributed by atoms with van der Waals surface area (Å²) < 4.78 is 0. The van der Waals surface area contributed by atoms with Crippen LogP contribution in [0.1, 0.15) is 41.7 Å². The number of pyridine rings is 1. The molecule has 0 spiro atoms. The van der Waals surface area contributed by atoms with E-state index in [0.29, 0.717) is 10.1 Å². The highest BCUT2D eigenvalue weighted by atomic mass is 32.1. The Bertz CT molecular complexity index is 557. The van der Waals surface area contributed by atoms with Crippen LogP contribution in [0.5, 0.6) is 0 Å². The van der Waals surface area contributed by atoms with E-state index >= 15 is 0 Å². The fraction of sp³-hybridized carbons (Fsp3) is 0.385. The molecule has 0 saturated carbocycles. The third-order valence-electron chi connectivity index (χ3n) is 2.68. The van der Waals surface area contributed by atoms with E-state index < -0.39 is 0 Å². The van der Waals surface area contributed by atoms with Crippen LogP contribution in [0.3, 0.4) is 0 Å². The van der Waals surface area contributed by atoms with E-state index in [2.05, 4.69) is 32.7 Å². The quantitative estimate of drug-likeness (QED) is 0.853. The number of nitrogens with zero attached hydrogens (tertiary/aromatic N) is 3. The highest BCUT2D eigenvalue weighted by molar-refractivity contribution is 7.17. The van der Waals surface area contributed by atoms with E-state index in [1.807, 2.05) is 19.1 Å². The number of hydrogen-bond donors (Lipinski definition) is 2. The molecule has 0 aliphatic heterocycles. The van der Waals surface area contributed by atoms with Crippen LogP contribution in [0.4, 0.5) is 5.13 Å². The molecule has 1 unspecified atom stereocenters. The van der Waals surface area contributed by atoms with Crippen molar-refractivity contribution in [1.29, 1.82) is 0 Å². The van der Waals surface area contributed by atoms with Crippen molar-refractivity contribution in [2.24, 2.45) is 0 Å². The number of anilines is 1. The molecular weight excluding hydrogens is 274 g/mol. The normalized spacial score (nSPS) is 11.9. The summed E-state index contributed by atoms with van der Waals surface area (Å²) in [5.74, 6) is -0.219. The average Bonchev–Trinajstić information content (AvgIpc) is 2.95. The molecule has 2 aromatic rings. The second-order valence-electron chi connectivity index (χ2n) is 4.32. The monoisotopic (exact) mass is 291 g/mol. The number of amides is 1. The SMILES string of the molecule is CCCNc1nnc(C(=O)NC(C)c2cccnc2)s1. The van der Waals surface area contributed by atoms with Crippen molar-refractivity contribution in [3.05, 3.63) is 35.1 Å². The van der Waals surface area contributed by atoms with Gasteiger partial charge in [0.05, 0.1) is 6.04 Å². The Kier molecular flexibility index (Phi) is 5.00. The fourth-order valence-electron chi connectivity index (χ4n) is 1.59. The Hall–Kier alpha value is -2.02. The first-order valence-corrected chi connectivity index (χ1v) is 7.30. The maximum Gasteiger partial charge on any atom is 0.282 e. The highest BCUT2D eigenvalue weighted by Crippen LogP contribution is 2.17. The fourth-order valence-corrected chi connectivity index (χ4v) is 2.26. The zero-order valence-corrected chi connectivity index (χ0v) is 12.3. The van der Waals surface area contributed by atoms with E-state index in [-0.39, 0.29) is 11.9 Å². The standard InChI is InChI=1S/C13H17N5OS/c1-3-6-15-13-18-17-12(20-13)11(19)16-9(2)10-5-4-7-14-8-10/h4-5,7-9H,3,6H2,1-2H3,(H,15,18)(H,16,19). The molecule has 0 saturated heterocycles. The summed E-state index contributed by atoms with van der Waals surface area (Å²) in [5, 5.41) is 14.9. The van der Waals surface area contributed by atoms with Crippen LogP contribution in [-0.4, -0.2) is 27.6 Å². The van der Waals surface area contributed by atoms with Crippen LogP contribution in [-0.2, 0) is 0 Å². The minimum absolute atomic E-state index is 0.118. The molecule has 2 aromatic heterocycles. The smallest absolute Gasteiger partial charge is 0.282 e. The summed E-state index contributed by atoms with van der Waals surface area (Å²) in [5.41, 5.74) is 0.953. The molecule has 2 rings (SSSR count). The van der Waals surface area contributed by atoms with E-state index in [0.717, 1.165) is 18.5 Å². The van der Waals surface area contributed by atoms with Crippen LogP contribution >= 0.6 is 11.3 Å². The lowest BCUT2D eigenvalue weighted by molar-refractivity contribution is 0.0938. The molecule has 2 heterocycles. The number of carbonyl (C=O) groups excluding carboxylic acids is 1. The Balaban J connectivity index is 1.96. The van der Waals surface area contributed by atoms with Gasteiger partial charge in [-0.05, 0) is 25.0 Å². The summed E-state index contributed by atoms with van der Waals surface area (Å²) in [6.07, 6.45) is 4.44. The second-order valence-corrected chi connectivity index (χ2v) is 5.30. The second kappa shape index (κ2) is 6.95. The topological polar surface area (TPSA) is 79.8 Å². The Labute approximate surface area is 121 Å². The van der Waals surface area contributed by atoms with Gasteiger partial charge in [-0.25, -0.2) is 0 Å². The predicted molar refractivity (Wildman–Crippen MR) is 78.8 cm³/mol. The molecule has 0 fully saturated rings. The van der Waals surface area contributed by atoms with E-state index in [1.54, 1.807) is 12.4 Å². The zero-order chi connectivity index (χ0) is 14.4. The summed E-state index contributed by atoms with van der Waals surface area (Å²) in [7, 11) is 0. The first kappa shape index (κ1) is 14.4. The van der Waals surface area contributed by atoms with Gasteiger partial charge in [-0.15, -0.1) is 10.2 Å². The van der Waals surface area contributed by atoms with Crippen molar-refractivity contribution in [2.45, 2.75) is 26.3 Å². The summed E-state index contributed by atoms with van der Waals surface area (Å²) in [6.45, 7) is 4.80. The van der Waals surface area contributed by atoms with Crippen molar-refractivity contribution in [1.82, 2.24) is 20.5 Å².